The van der Waals surface area contributed by atoms with E-state index in [2.05, 4.69) is 10.3 Å². The van der Waals surface area contributed by atoms with Crippen molar-refractivity contribution in [2.75, 3.05) is 12.4 Å². The normalized spacial score (nSPS) is 10.3. The summed E-state index contributed by atoms with van der Waals surface area (Å²) >= 11 is 0. The number of rotatable bonds is 3. The SMILES string of the molecule is CNc1ccc([N+](=O)[O-])c(-c2ccc(C)c(C)c2)n1. The first kappa shape index (κ1) is 13.0. The highest BCUT2D eigenvalue weighted by atomic mass is 16.6. The van der Waals surface area contributed by atoms with Crippen molar-refractivity contribution in [3.8, 4) is 11.3 Å². The van der Waals surface area contributed by atoms with Gasteiger partial charge in [-0.2, -0.15) is 0 Å². The molecule has 0 aliphatic carbocycles. The van der Waals surface area contributed by atoms with Crippen molar-refractivity contribution in [2.45, 2.75) is 13.8 Å². The molecule has 98 valence electrons. The van der Waals surface area contributed by atoms with Gasteiger partial charge in [-0.3, -0.25) is 10.1 Å². The molecule has 1 aromatic heterocycles. The quantitative estimate of drug-likeness (QED) is 0.676. The molecule has 1 aromatic carbocycles. The molecule has 5 nitrogen and oxygen atoms in total. The van der Waals surface area contributed by atoms with Crippen molar-refractivity contribution in [3.63, 3.8) is 0 Å². The monoisotopic (exact) mass is 257 g/mol. The van der Waals surface area contributed by atoms with Gasteiger partial charge in [0.25, 0.3) is 5.69 Å². The molecule has 0 saturated heterocycles. The first-order chi connectivity index (χ1) is 9.02. The number of anilines is 1. The van der Waals surface area contributed by atoms with Crippen LogP contribution in [-0.4, -0.2) is 17.0 Å². The summed E-state index contributed by atoms with van der Waals surface area (Å²) in [5.41, 5.74) is 3.40. The van der Waals surface area contributed by atoms with E-state index in [1.54, 1.807) is 13.1 Å². The van der Waals surface area contributed by atoms with E-state index < -0.39 is 4.92 Å². The van der Waals surface area contributed by atoms with Crippen LogP contribution < -0.4 is 5.32 Å². The molecule has 1 heterocycles. The van der Waals surface area contributed by atoms with E-state index >= 15 is 0 Å². The molecule has 0 aliphatic heterocycles. The second kappa shape index (κ2) is 5.06. The lowest BCUT2D eigenvalue weighted by Crippen LogP contribution is -1.99. The lowest BCUT2D eigenvalue weighted by molar-refractivity contribution is -0.384. The number of nitrogens with zero attached hydrogens (tertiary/aromatic N) is 2. The Kier molecular flexibility index (Phi) is 3.46. The van der Waals surface area contributed by atoms with Crippen LogP contribution >= 0.6 is 0 Å². The molecule has 0 radical (unpaired) electrons. The van der Waals surface area contributed by atoms with Gasteiger partial charge >= 0.3 is 0 Å². The average Bonchev–Trinajstić information content (AvgIpc) is 2.41. The molecule has 0 spiro atoms. The van der Waals surface area contributed by atoms with Crippen LogP contribution in [0.5, 0.6) is 0 Å². The topological polar surface area (TPSA) is 68.1 Å². The van der Waals surface area contributed by atoms with Crippen LogP contribution in [0, 0.1) is 24.0 Å². The molecule has 0 unspecified atom stereocenters. The van der Waals surface area contributed by atoms with Gasteiger partial charge in [0.1, 0.15) is 5.82 Å². The Hall–Kier alpha value is -2.43. The van der Waals surface area contributed by atoms with Crippen LogP contribution in [-0.2, 0) is 0 Å². The smallest absolute Gasteiger partial charge is 0.295 e. The summed E-state index contributed by atoms with van der Waals surface area (Å²) in [7, 11) is 1.73. The fraction of sp³-hybridized carbons (Fsp3) is 0.214. The van der Waals surface area contributed by atoms with Crippen molar-refractivity contribution in [1.29, 1.82) is 0 Å². The second-order valence-corrected chi connectivity index (χ2v) is 4.37. The van der Waals surface area contributed by atoms with E-state index in [4.69, 9.17) is 0 Å². The Balaban J connectivity index is 2.64. The predicted molar refractivity (Wildman–Crippen MR) is 75.3 cm³/mol. The van der Waals surface area contributed by atoms with Gasteiger partial charge < -0.3 is 5.32 Å². The zero-order valence-corrected chi connectivity index (χ0v) is 11.1. The van der Waals surface area contributed by atoms with E-state index in [-0.39, 0.29) is 5.69 Å². The minimum absolute atomic E-state index is 0.0160. The summed E-state index contributed by atoms with van der Waals surface area (Å²) in [5, 5.41) is 14.0. The molecule has 0 aliphatic rings. The minimum atomic E-state index is -0.406. The summed E-state index contributed by atoms with van der Waals surface area (Å²) in [5.74, 6) is 0.610. The molecule has 0 atom stereocenters. The second-order valence-electron chi connectivity index (χ2n) is 4.37. The molecule has 2 aromatic rings. The molecule has 0 saturated carbocycles. The molecule has 0 bridgehead atoms. The van der Waals surface area contributed by atoms with Gasteiger partial charge in [0, 0.05) is 18.7 Å². The number of aromatic nitrogens is 1. The van der Waals surface area contributed by atoms with Gasteiger partial charge in [0.15, 0.2) is 5.69 Å². The fourth-order valence-electron chi connectivity index (χ4n) is 1.84. The average molecular weight is 257 g/mol. The third-order valence-electron chi connectivity index (χ3n) is 3.11. The first-order valence-electron chi connectivity index (χ1n) is 5.93. The van der Waals surface area contributed by atoms with Crippen molar-refractivity contribution in [1.82, 2.24) is 4.98 Å². The maximum Gasteiger partial charge on any atom is 0.295 e. The number of nitrogens with one attached hydrogen (secondary N) is 1. The van der Waals surface area contributed by atoms with Gasteiger partial charge in [0.2, 0.25) is 0 Å². The van der Waals surface area contributed by atoms with E-state index in [0.717, 1.165) is 16.7 Å². The zero-order chi connectivity index (χ0) is 14.0. The van der Waals surface area contributed by atoms with Crippen molar-refractivity contribution in [2.24, 2.45) is 0 Å². The molecule has 1 N–H and O–H groups in total. The Bertz CT molecular complexity index is 639. The van der Waals surface area contributed by atoms with E-state index in [1.807, 2.05) is 32.0 Å². The zero-order valence-electron chi connectivity index (χ0n) is 11.1. The number of hydrogen-bond donors (Lipinski definition) is 1. The summed E-state index contributed by atoms with van der Waals surface area (Å²) in [6.45, 7) is 3.98. The highest BCUT2D eigenvalue weighted by molar-refractivity contribution is 5.72. The molecular weight excluding hydrogens is 242 g/mol. The van der Waals surface area contributed by atoms with Crippen LogP contribution in [0.25, 0.3) is 11.3 Å². The highest BCUT2D eigenvalue weighted by Gasteiger charge is 2.17. The van der Waals surface area contributed by atoms with Gasteiger partial charge in [-0.05, 0) is 37.1 Å². The standard InChI is InChI=1S/C14H15N3O2/c1-9-4-5-11(8-10(9)2)14-12(17(18)19)6-7-13(15-3)16-14/h4-8H,1-3H3,(H,15,16). The maximum absolute atomic E-state index is 11.1. The maximum atomic E-state index is 11.1. The van der Waals surface area contributed by atoms with Crippen molar-refractivity contribution < 1.29 is 4.92 Å². The molecule has 2 rings (SSSR count). The number of benzene rings is 1. The molecule has 19 heavy (non-hydrogen) atoms. The third kappa shape index (κ3) is 2.54. The first-order valence-corrected chi connectivity index (χ1v) is 5.93. The molecule has 0 amide bonds. The lowest BCUT2D eigenvalue weighted by Gasteiger charge is -2.07. The Morgan fingerprint density at radius 1 is 1.16 bits per heavy atom. The van der Waals surface area contributed by atoms with Gasteiger partial charge in [-0.15, -0.1) is 0 Å². The summed E-state index contributed by atoms with van der Waals surface area (Å²) in [6.07, 6.45) is 0. The summed E-state index contributed by atoms with van der Waals surface area (Å²) < 4.78 is 0. The highest BCUT2D eigenvalue weighted by Crippen LogP contribution is 2.30. The fourth-order valence-corrected chi connectivity index (χ4v) is 1.84. The van der Waals surface area contributed by atoms with Gasteiger partial charge in [-0.1, -0.05) is 12.1 Å². The van der Waals surface area contributed by atoms with Crippen LogP contribution in [0.1, 0.15) is 11.1 Å². The largest absolute Gasteiger partial charge is 0.373 e. The molecule has 0 fully saturated rings. The van der Waals surface area contributed by atoms with E-state index in [9.17, 15) is 10.1 Å². The van der Waals surface area contributed by atoms with Gasteiger partial charge in [-0.25, -0.2) is 4.98 Å². The predicted octanol–water partition coefficient (Wildman–Crippen LogP) is 3.32. The van der Waals surface area contributed by atoms with Crippen LogP contribution in [0.15, 0.2) is 30.3 Å². The summed E-state index contributed by atoms with van der Waals surface area (Å²) in [6, 6.07) is 8.80. The molecular formula is C14H15N3O2. The number of aryl methyl sites for hydroxylation is 2. The number of hydrogen-bond acceptors (Lipinski definition) is 4. The van der Waals surface area contributed by atoms with Crippen LogP contribution in [0.2, 0.25) is 0 Å². The number of pyridine rings is 1. The Morgan fingerprint density at radius 3 is 2.47 bits per heavy atom. The lowest BCUT2D eigenvalue weighted by atomic mass is 10.0. The molecule has 5 heteroatoms. The minimum Gasteiger partial charge on any atom is -0.373 e. The van der Waals surface area contributed by atoms with Crippen LogP contribution in [0.4, 0.5) is 11.5 Å². The van der Waals surface area contributed by atoms with Crippen molar-refractivity contribution >= 4 is 11.5 Å². The number of nitro groups is 1. The van der Waals surface area contributed by atoms with Crippen molar-refractivity contribution in [3.05, 3.63) is 51.6 Å². The Morgan fingerprint density at radius 2 is 1.89 bits per heavy atom. The van der Waals surface area contributed by atoms with Gasteiger partial charge in [0.05, 0.1) is 4.92 Å². The Labute approximate surface area is 111 Å². The van der Waals surface area contributed by atoms with E-state index in [0.29, 0.717) is 11.5 Å². The van der Waals surface area contributed by atoms with E-state index in [1.165, 1.54) is 6.07 Å². The van der Waals surface area contributed by atoms with Crippen LogP contribution in [0.3, 0.4) is 0 Å². The summed E-state index contributed by atoms with van der Waals surface area (Å²) in [4.78, 5) is 15.0. The third-order valence-corrected chi connectivity index (χ3v) is 3.11.